The zero-order chi connectivity index (χ0) is 9.97. The first-order valence-corrected chi connectivity index (χ1v) is 6.12. The maximum Gasteiger partial charge on any atom is 0.0962 e. The molecule has 4 nitrogen and oxygen atoms in total. The number of nitrogens with two attached hydrogens (primary N) is 1. The lowest BCUT2D eigenvalue weighted by Crippen LogP contribution is -2.32. The SMILES string of the molecule is CCSC1CCC1n1cc(CN)nn1. The molecule has 1 aliphatic rings. The lowest BCUT2D eigenvalue weighted by atomic mass is 9.92. The summed E-state index contributed by atoms with van der Waals surface area (Å²) in [5, 5.41) is 8.85. The van der Waals surface area contributed by atoms with Gasteiger partial charge in [0.1, 0.15) is 0 Å². The monoisotopic (exact) mass is 212 g/mol. The molecule has 1 saturated carbocycles. The van der Waals surface area contributed by atoms with Crippen LogP contribution in [0.4, 0.5) is 0 Å². The zero-order valence-corrected chi connectivity index (χ0v) is 9.20. The van der Waals surface area contributed by atoms with Crippen molar-refractivity contribution in [1.29, 1.82) is 0 Å². The minimum Gasteiger partial charge on any atom is -0.325 e. The molecular weight excluding hydrogens is 196 g/mol. The van der Waals surface area contributed by atoms with Gasteiger partial charge < -0.3 is 5.73 Å². The molecule has 0 spiro atoms. The van der Waals surface area contributed by atoms with Crippen molar-refractivity contribution in [1.82, 2.24) is 15.0 Å². The molecule has 14 heavy (non-hydrogen) atoms. The first kappa shape index (κ1) is 9.98. The van der Waals surface area contributed by atoms with Gasteiger partial charge in [0.05, 0.1) is 17.9 Å². The first-order chi connectivity index (χ1) is 6.85. The van der Waals surface area contributed by atoms with Crippen LogP contribution in [-0.2, 0) is 6.54 Å². The van der Waals surface area contributed by atoms with Crippen LogP contribution in [0, 0.1) is 0 Å². The quantitative estimate of drug-likeness (QED) is 0.814. The molecule has 1 fully saturated rings. The lowest BCUT2D eigenvalue weighted by Gasteiger charge is -2.35. The van der Waals surface area contributed by atoms with Crippen molar-refractivity contribution in [3.05, 3.63) is 11.9 Å². The van der Waals surface area contributed by atoms with Gasteiger partial charge in [-0.2, -0.15) is 11.8 Å². The number of nitrogens with zero attached hydrogens (tertiary/aromatic N) is 3. The average molecular weight is 212 g/mol. The Morgan fingerprint density at radius 2 is 2.50 bits per heavy atom. The molecule has 0 radical (unpaired) electrons. The van der Waals surface area contributed by atoms with Crippen molar-refractivity contribution in [3.8, 4) is 0 Å². The van der Waals surface area contributed by atoms with E-state index >= 15 is 0 Å². The smallest absolute Gasteiger partial charge is 0.0962 e. The summed E-state index contributed by atoms with van der Waals surface area (Å²) in [5.74, 6) is 1.18. The molecule has 1 aromatic rings. The standard InChI is InChI=1S/C9H16N4S/c1-2-14-9-4-3-8(9)13-6-7(5-10)11-12-13/h6,8-9H,2-5,10H2,1H3. The Hall–Kier alpha value is -0.550. The van der Waals surface area contributed by atoms with Crippen LogP contribution in [-0.4, -0.2) is 26.0 Å². The molecular formula is C9H16N4S. The highest BCUT2D eigenvalue weighted by atomic mass is 32.2. The Kier molecular flexibility index (Phi) is 3.08. The van der Waals surface area contributed by atoms with Crippen molar-refractivity contribution >= 4 is 11.8 Å². The normalized spacial score (nSPS) is 26.1. The van der Waals surface area contributed by atoms with E-state index in [0.717, 1.165) is 10.9 Å². The van der Waals surface area contributed by atoms with Crippen LogP contribution in [0.3, 0.4) is 0 Å². The van der Waals surface area contributed by atoms with Gasteiger partial charge in [0.25, 0.3) is 0 Å². The Morgan fingerprint density at radius 1 is 1.64 bits per heavy atom. The van der Waals surface area contributed by atoms with E-state index in [2.05, 4.69) is 17.2 Å². The average Bonchev–Trinajstić information content (AvgIpc) is 2.61. The highest BCUT2D eigenvalue weighted by Crippen LogP contribution is 2.40. The van der Waals surface area contributed by atoms with Gasteiger partial charge in [-0.05, 0) is 18.6 Å². The summed E-state index contributed by atoms with van der Waals surface area (Å²) in [6.45, 7) is 2.69. The molecule has 2 atom stereocenters. The molecule has 78 valence electrons. The fourth-order valence-corrected chi connectivity index (χ4v) is 2.95. The summed E-state index contributed by atoms with van der Waals surface area (Å²) in [7, 11) is 0. The molecule has 1 aromatic heterocycles. The van der Waals surface area contributed by atoms with Gasteiger partial charge in [0, 0.05) is 11.8 Å². The van der Waals surface area contributed by atoms with E-state index in [-0.39, 0.29) is 0 Å². The third kappa shape index (κ3) is 1.79. The molecule has 5 heteroatoms. The summed E-state index contributed by atoms with van der Waals surface area (Å²) in [5.41, 5.74) is 6.38. The lowest BCUT2D eigenvalue weighted by molar-refractivity contribution is 0.297. The number of aromatic nitrogens is 3. The van der Waals surface area contributed by atoms with Crippen LogP contribution in [0.15, 0.2) is 6.20 Å². The fourth-order valence-electron chi connectivity index (χ4n) is 1.73. The van der Waals surface area contributed by atoms with Crippen molar-refractivity contribution in [2.75, 3.05) is 5.75 Å². The van der Waals surface area contributed by atoms with E-state index in [4.69, 9.17) is 5.73 Å². The van der Waals surface area contributed by atoms with Gasteiger partial charge >= 0.3 is 0 Å². The van der Waals surface area contributed by atoms with Gasteiger partial charge in [-0.25, -0.2) is 4.68 Å². The van der Waals surface area contributed by atoms with E-state index in [0.29, 0.717) is 12.6 Å². The van der Waals surface area contributed by atoms with Gasteiger partial charge in [-0.3, -0.25) is 0 Å². The Balaban J connectivity index is 2.00. The Bertz CT molecular complexity index is 299. The van der Waals surface area contributed by atoms with E-state index in [1.54, 1.807) is 0 Å². The first-order valence-electron chi connectivity index (χ1n) is 5.07. The van der Waals surface area contributed by atoms with Crippen LogP contribution < -0.4 is 5.73 Å². The maximum atomic E-state index is 5.50. The maximum absolute atomic E-state index is 5.50. The molecule has 1 heterocycles. The summed E-state index contributed by atoms with van der Waals surface area (Å²) >= 11 is 2.02. The van der Waals surface area contributed by atoms with Crippen molar-refractivity contribution in [2.45, 2.75) is 37.6 Å². The highest BCUT2D eigenvalue weighted by molar-refractivity contribution is 7.99. The minimum atomic E-state index is 0.484. The third-order valence-electron chi connectivity index (χ3n) is 2.66. The van der Waals surface area contributed by atoms with Gasteiger partial charge in [-0.15, -0.1) is 5.10 Å². The van der Waals surface area contributed by atoms with Crippen molar-refractivity contribution in [2.24, 2.45) is 5.73 Å². The van der Waals surface area contributed by atoms with Gasteiger partial charge in [0.15, 0.2) is 0 Å². The van der Waals surface area contributed by atoms with E-state index in [9.17, 15) is 0 Å². The summed E-state index contributed by atoms with van der Waals surface area (Å²) in [6, 6.07) is 0.549. The van der Waals surface area contributed by atoms with Gasteiger partial charge in [0.2, 0.25) is 0 Å². The van der Waals surface area contributed by atoms with E-state index in [1.165, 1.54) is 18.6 Å². The van der Waals surface area contributed by atoms with Crippen molar-refractivity contribution < 1.29 is 0 Å². The summed E-state index contributed by atoms with van der Waals surface area (Å²) < 4.78 is 1.99. The van der Waals surface area contributed by atoms with Crippen LogP contribution in [0.25, 0.3) is 0 Å². The zero-order valence-electron chi connectivity index (χ0n) is 8.39. The second kappa shape index (κ2) is 4.31. The minimum absolute atomic E-state index is 0.484. The highest BCUT2D eigenvalue weighted by Gasteiger charge is 2.32. The third-order valence-corrected chi connectivity index (χ3v) is 3.97. The summed E-state index contributed by atoms with van der Waals surface area (Å²) in [4.78, 5) is 0. The predicted molar refractivity (Wildman–Crippen MR) is 58.1 cm³/mol. The van der Waals surface area contributed by atoms with Crippen molar-refractivity contribution in [3.63, 3.8) is 0 Å². The number of thioether (sulfide) groups is 1. The predicted octanol–water partition coefficient (Wildman–Crippen LogP) is 1.19. The molecule has 0 saturated heterocycles. The van der Waals surface area contributed by atoms with Crippen LogP contribution >= 0.6 is 11.8 Å². The second-order valence-corrected chi connectivity index (χ2v) is 5.05. The Morgan fingerprint density at radius 3 is 3.00 bits per heavy atom. The summed E-state index contributed by atoms with van der Waals surface area (Å²) in [6.07, 6.45) is 4.51. The second-order valence-electron chi connectivity index (χ2n) is 3.53. The topological polar surface area (TPSA) is 56.7 Å². The largest absolute Gasteiger partial charge is 0.325 e. The molecule has 0 aromatic carbocycles. The molecule has 2 rings (SSSR count). The van der Waals surface area contributed by atoms with Gasteiger partial charge in [-0.1, -0.05) is 12.1 Å². The van der Waals surface area contributed by atoms with E-state index < -0.39 is 0 Å². The van der Waals surface area contributed by atoms with E-state index in [1.807, 2.05) is 22.6 Å². The molecule has 0 amide bonds. The number of hydrogen-bond donors (Lipinski definition) is 1. The number of hydrogen-bond acceptors (Lipinski definition) is 4. The molecule has 1 aliphatic carbocycles. The molecule has 2 N–H and O–H groups in total. The molecule has 0 aliphatic heterocycles. The van der Waals surface area contributed by atoms with Crippen LogP contribution in [0.5, 0.6) is 0 Å². The molecule has 2 unspecified atom stereocenters. The fraction of sp³-hybridized carbons (Fsp3) is 0.778. The van der Waals surface area contributed by atoms with Crippen LogP contribution in [0.1, 0.15) is 31.5 Å². The molecule has 0 bridgehead atoms. The Labute approximate surface area is 88.2 Å². The number of rotatable bonds is 4. The van der Waals surface area contributed by atoms with Crippen LogP contribution in [0.2, 0.25) is 0 Å².